The largest absolute Gasteiger partial charge is 0.326 e. The van der Waals surface area contributed by atoms with Crippen molar-refractivity contribution in [1.29, 1.82) is 0 Å². The molecule has 0 unspecified atom stereocenters. The van der Waals surface area contributed by atoms with Crippen molar-refractivity contribution in [3.05, 3.63) is 24.3 Å². The number of hydrogen-bond donors (Lipinski definition) is 2. The van der Waals surface area contributed by atoms with Gasteiger partial charge in [0.1, 0.15) is 0 Å². The van der Waals surface area contributed by atoms with Gasteiger partial charge in [-0.15, -0.1) is 0 Å². The zero-order valence-electron chi connectivity index (χ0n) is 10.6. The lowest BCUT2D eigenvalue weighted by Gasteiger charge is -2.08. The van der Waals surface area contributed by atoms with Crippen molar-refractivity contribution in [1.82, 2.24) is 4.72 Å². The van der Waals surface area contributed by atoms with E-state index in [-0.39, 0.29) is 10.8 Å². The molecule has 18 heavy (non-hydrogen) atoms. The highest BCUT2D eigenvalue weighted by molar-refractivity contribution is 7.89. The summed E-state index contributed by atoms with van der Waals surface area (Å²) < 4.78 is 26.4. The van der Waals surface area contributed by atoms with Crippen LogP contribution < -0.4 is 10.0 Å². The highest BCUT2D eigenvalue weighted by Crippen LogP contribution is 2.15. The van der Waals surface area contributed by atoms with Gasteiger partial charge in [-0.1, -0.05) is 19.4 Å². The summed E-state index contributed by atoms with van der Waals surface area (Å²) in [6, 6.07) is 6.18. The molecule has 2 N–H and O–H groups in total. The second kappa shape index (κ2) is 6.51. The minimum atomic E-state index is -3.49. The Morgan fingerprint density at radius 1 is 1.33 bits per heavy atom. The minimum absolute atomic E-state index is 0.157. The van der Waals surface area contributed by atoms with E-state index in [0.29, 0.717) is 12.2 Å². The molecule has 0 aliphatic rings. The van der Waals surface area contributed by atoms with E-state index < -0.39 is 10.0 Å². The monoisotopic (exact) mass is 270 g/mol. The van der Waals surface area contributed by atoms with Crippen molar-refractivity contribution in [2.45, 2.75) is 31.6 Å². The molecule has 0 spiro atoms. The van der Waals surface area contributed by atoms with Crippen LogP contribution in [-0.4, -0.2) is 20.9 Å². The lowest BCUT2D eigenvalue weighted by Crippen LogP contribution is -2.24. The van der Waals surface area contributed by atoms with Crippen molar-refractivity contribution in [3.63, 3.8) is 0 Å². The number of carbonyl (C=O) groups is 1. The highest BCUT2D eigenvalue weighted by atomic mass is 32.2. The number of rotatable bonds is 6. The number of carbonyl (C=O) groups excluding carboxylic acids is 1. The van der Waals surface area contributed by atoms with E-state index in [1.165, 1.54) is 19.1 Å². The van der Waals surface area contributed by atoms with Gasteiger partial charge in [-0.2, -0.15) is 0 Å². The number of nitrogens with one attached hydrogen (secondary N) is 2. The number of sulfonamides is 1. The predicted octanol–water partition coefficient (Wildman–Crippen LogP) is 1.72. The van der Waals surface area contributed by atoms with Crippen LogP contribution in [0.5, 0.6) is 0 Å². The van der Waals surface area contributed by atoms with Crippen molar-refractivity contribution in [3.8, 4) is 0 Å². The zero-order valence-corrected chi connectivity index (χ0v) is 11.4. The quantitative estimate of drug-likeness (QED) is 0.773. The molecule has 0 aromatic heterocycles. The first kappa shape index (κ1) is 14.7. The van der Waals surface area contributed by atoms with Gasteiger partial charge in [0.15, 0.2) is 0 Å². The fraction of sp³-hybridized carbons (Fsp3) is 0.417. The Balaban J connectivity index is 2.85. The zero-order chi connectivity index (χ0) is 13.6. The highest BCUT2D eigenvalue weighted by Gasteiger charge is 2.13. The third kappa shape index (κ3) is 4.46. The molecule has 100 valence electrons. The van der Waals surface area contributed by atoms with Crippen LogP contribution in [0.2, 0.25) is 0 Å². The first-order valence-electron chi connectivity index (χ1n) is 5.83. The third-order valence-electron chi connectivity index (χ3n) is 2.29. The van der Waals surface area contributed by atoms with E-state index in [1.807, 2.05) is 6.92 Å². The Kier molecular flexibility index (Phi) is 5.30. The Bertz CT molecular complexity index is 512. The summed E-state index contributed by atoms with van der Waals surface area (Å²) in [7, 11) is -3.49. The second-order valence-corrected chi connectivity index (χ2v) is 5.73. The van der Waals surface area contributed by atoms with E-state index in [4.69, 9.17) is 0 Å². The average molecular weight is 270 g/mol. The molecule has 1 aromatic carbocycles. The Morgan fingerprint density at radius 2 is 2.06 bits per heavy atom. The van der Waals surface area contributed by atoms with E-state index in [0.717, 1.165) is 12.8 Å². The van der Waals surface area contributed by atoms with Crippen molar-refractivity contribution >= 4 is 21.6 Å². The molecule has 1 rings (SSSR count). The fourth-order valence-corrected chi connectivity index (χ4v) is 2.53. The third-order valence-corrected chi connectivity index (χ3v) is 3.75. The molecular weight excluding hydrogens is 252 g/mol. The number of hydrogen-bond acceptors (Lipinski definition) is 3. The molecule has 0 aliphatic carbocycles. The lowest BCUT2D eigenvalue weighted by atomic mass is 10.3. The molecular formula is C12H18N2O3S. The molecule has 5 nitrogen and oxygen atoms in total. The molecule has 0 fully saturated rings. The van der Waals surface area contributed by atoms with Crippen LogP contribution >= 0.6 is 0 Å². The summed E-state index contributed by atoms with van der Waals surface area (Å²) in [5, 5.41) is 2.55. The van der Waals surface area contributed by atoms with Crippen LogP contribution in [-0.2, 0) is 14.8 Å². The number of amides is 1. The van der Waals surface area contributed by atoms with Crippen LogP contribution in [0.4, 0.5) is 5.69 Å². The molecule has 1 amide bonds. The first-order valence-corrected chi connectivity index (χ1v) is 7.31. The SMILES string of the molecule is CCCCNS(=O)(=O)c1cccc(NC(C)=O)c1. The maximum atomic E-state index is 11.9. The van der Waals surface area contributed by atoms with Crippen LogP contribution in [0, 0.1) is 0 Å². The van der Waals surface area contributed by atoms with Gasteiger partial charge in [-0.3, -0.25) is 4.79 Å². The molecule has 1 aromatic rings. The van der Waals surface area contributed by atoms with Crippen LogP contribution in [0.15, 0.2) is 29.2 Å². The van der Waals surface area contributed by atoms with Gasteiger partial charge in [0.05, 0.1) is 4.90 Å². The Hall–Kier alpha value is -1.40. The topological polar surface area (TPSA) is 75.3 Å². The van der Waals surface area contributed by atoms with Gasteiger partial charge in [0.25, 0.3) is 0 Å². The van der Waals surface area contributed by atoms with Crippen molar-refractivity contribution in [2.75, 3.05) is 11.9 Å². The molecule has 0 aliphatic heterocycles. The van der Waals surface area contributed by atoms with Crippen LogP contribution in [0.1, 0.15) is 26.7 Å². The normalized spacial score (nSPS) is 11.2. The summed E-state index contributed by atoms with van der Waals surface area (Å²) in [5.74, 6) is -0.233. The fourth-order valence-electron chi connectivity index (χ4n) is 1.41. The maximum Gasteiger partial charge on any atom is 0.240 e. The minimum Gasteiger partial charge on any atom is -0.326 e. The van der Waals surface area contributed by atoms with Gasteiger partial charge in [0, 0.05) is 19.2 Å². The molecule has 0 saturated heterocycles. The Labute approximate surface area is 108 Å². The molecule has 6 heteroatoms. The molecule has 0 saturated carbocycles. The number of benzene rings is 1. The van der Waals surface area contributed by atoms with Gasteiger partial charge < -0.3 is 5.32 Å². The lowest BCUT2D eigenvalue weighted by molar-refractivity contribution is -0.114. The van der Waals surface area contributed by atoms with Gasteiger partial charge >= 0.3 is 0 Å². The summed E-state index contributed by atoms with van der Waals surface area (Å²) >= 11 is 0. The van der Waals surface area contributed by atoms with E-state index in [9.17, 15) is 13.2 Å². The first-order chi connectivity index (χ1) is 8.45. The molecule has 0 bridgehead atoms. The van der Waals surface area contributed by atoms with Crippen molar-refractivity contribution in [2.24, 2.45) is 0 Å². The predicted molar refractivity (Wildman–Crippen MR) is 70.8 cm³/mol. The molecule has 0 heterocycles. The summed E-state index contributed by atoms with van der Waals surface area (Å²) in [6.07, 6.45) is 1.72. The second-order valence-electron chi connectivity index (χ2n) is 3.96. The van der Waals surface area contributed by atoms with Crippen molar-refractivity contribution < 1.29 is 13.2 Å². The average Bonchev–Trinajstić information content (AvgIpc) is 2.28. The number of unbranched alkanes of at least 4 members (excludes halogenated alkanes) is 1. The summed E-state index contributed by atoms with van der Waals surface area (Å²) in [4.78, 5) is 11.1. The van der Waals surface area contributed by atoms with Crippen LogP contribution in [0.3, 0.4) is 0 Å². The molecule has 0 radical (unpaired) electrons. The Morgan fingerprint density at radius 3 is 2.67 bits per heavy atom. The van der Waals surface area contributed by atoms with Crippen LogP contribution in [0.25, 0.3) is 0 Å². The smallest absolute Gasteiger partial charge is 0.240 e. The molecule has 0 atom stereocenters. The maximum absolute atomic E-state index is 11.9. The standard InChI is InChI=1S/C12H18N2O3S/c1-3-4-8-13-18(16,17)12-7-5-6-11(9-12)14-10(2)15/h5-7,9,13H,3-4,8H2,1-2H3,(H,14,15). The van der Waals surface area contributed by atoms with Gasteiger partial charge in [-0.05, 0) is 24.6 Å². The summed E-state index contributed by atoms with van der Waals surface area (Å²) in [5.41, 5.74) is 0.473. The summed E-state index contributed by atoms with van der Waals surface area (Å²) in [6.45, 7) is 3.79. The van der Waals surface area contributed by atoms with E-state index in [1.54, 1.807) is 12.1 Å². The van der Waals surface area contributed by atoms with Gasteiger partial charge in [-0.25, -0.2) is 13.1 Å². The van der Waals surface area contributed by atoms with Gasteiger partial charge in [0.2, 0.25) is 15.9 Å². The van der Waals surface area contributed by atoms with E-state index in [2.05, 4.69) is 10.0 Å². The van der Waals surface area contributed by atoms with E-state index >= 15 is 0 Å². The number of anilines is 1.